The molecule has 17 heavy (non-hydrogen) atoms. The minimum atomic E-state index is -1.35. The summed E-state index contributed by atoms with van der Waals surface area (Å²) in [5, 5.41) is 9.23. The highest BCUT2D eigenvalue weighted by molar-refractivity contribution is 5.99. The molecule has 0 rings (SSSR count). The summed E-state index contributed by atoms with van der Waals surface area (Å²) in [4.78, 5) is 22.9. The zero-order valence-corrected chi connectivity index (χ0v) is 11.1. The van der Waals surface area contributed by atoms with Crippen molar-refractivity contribution in [3.8, 4) is 0 Å². The van der Waals surface area contributed by atoms with Gasteiger partial charge in [-0.25, -0.2) is 0 Å². The number of carbonyl (C=O) groups is 2. The van der Waals surface area contributed by atoms with E-state index < -0.39 is 17.4 Å². The first-order chi connectivity index (χ1) is 8.05. The lowest BCUT2D eigenvalue weighted by Gasteiger charge is -2.24. The molecule has 100 valence electrons. The van der Waals surface area contributed by atoms with Crippen molar-refractivity contribution in [3.63, 3.8) is 0 Å². The van der Waals surface area contributed by atoms with Gasteiger partial charge >= 0.3 is 11.9 Å². The highest BCUT2D eigenvalue weighted by Crippen LogP contribution is 2.31. The van der Waals surface area contributed by atoms with E-state index in [1.54, 1.807) is 6.92 Å². The van der Waals surface area contributed by atoms with Gasteiger partial charge in [-0.3, -0.25) is 9.59 Å². The minimum Gasteiger partial charge on any atom is -0.480 e. The second-order valence-corrected chi connectivity index (χ2v) is 4.40. The predicted octanol–water partition coefficient (Wildman–Crippen LogP) is 3.00. The molecule has 4 nitrogen and oxygen atoms in total. The molecule has 0 spiro atoms. The molecule has 0 aliphatic carbocycles. The van der Waals surface area contributed by atoms with Gasteiger partial charge in [0.25, 0.3) is 0 Å². The number of esters is 1. The van der Waals surface area contributed by atoms with E-state index in [4.69, 9.17) is 0 Å². The van der Waals surface area contributed by atoms with Crippen molar-refractivity contribution < 1.29 is 19.4 Å². The highest BCUT2D eigenvalue weighted by atomic mass is 16.5. The van der Waals surface area contributed by atoms with Crippen LogP contribution in [-0.2, 0) is 14.3 Å². The average molecular weight is 244 g/mol. The van der Waals surface area contributed by atoms with Crippen LogP contribution in [0.15, 0.2) is 0 Å². The highest BCUT2D eigenvalue weighted by Gasteiger charge is 2.45. The number of hydrogen-bond acceptors (Lipinski definition) is 3. The van der Waals surface area contributed by atoms with Crippen molar-refractivity contribution in [2.24, 2.45) is 5.41 Å². The van der Waals surface area contributed by atoms with Gasteiger partial charge in [0, 0.05) is 0 Å². The fourth-order valence-electron chi connectivity index (χ4n) is 1.99. The molecule has 0 saturated heterocycles. The van der Waals surface area contributed by atoms with E-state index >= 15 is 0 Å². The smallest absolute Gasteiger partial charge is 0.323 e. The van der Waals surface area contributed by atoms with Crippen LogP contribution in [0.5, 0.6) is 0 Å². The maximum atomic E-state index is 11.6. The third kappa shape index (κ3) is 4.36. The van der Waals surface area contributed by atoms with Crippen LogP contribution < -0.4 is 0 Å². The number of carboxylic acid groups (broad SMARTS) is 1. The summed E-state index contributed by atoms with van der Waals surface area (Å²) in [7, 11) is 1.24. The Morgan fingerprint density at radius 3 is 2.12 bits per heavy atom. The van der Waals surface area contributed by atoms with Crippen molar-refractivity contribution in [1.82, 2.24) is 0 Å². The molecule has 1 unspecified atom stereocenters. The average Bonchev–Trinajstić information content (AvgIpc) is 2.33. The Kier molecular flexibility index (Phi) is 7.59. The van der Waals surface area contributed by atoms with Gasteiger partial charge < -0.3 is 9.84 Å². The third-order valence-corrected chi connectivity index (χ3v) is 3.30. The molecule has 0 amide bonds. The fourth-order valence-corrected chi connectivity index (χ4v) is 1.99. The number of methoxy groups -OCH3 is 1. The lowest BCUT2D eigenvalue weighted by atomic mass is 9.80. The van der Waals surface area contributed by atoms with Crippen molar-refractivity contribution in [1.29, 1.82) is 0 Å². The molecule has 0 heterocycles. The zero-order chi connectivity index (χ0) is 13.3. The van der Waals surface area contributed by atoms with E-state index in [2.05, 4.69) is 11.7 Å². The van der Waals surface area contributed by atoms with Crippen molar-refractivity contribution in [2.45, 2.75) is 58.8 Å². The van der Waals surface area contributed by atoms with Gasteiger partial charge in [0.05, 0.1) is 7.11 Å². The number of carbonyl (C=O) groups excluding carboxylic acids is 1. The summed E-state index contributed by atoms with van der Waals surface area (Å²) < 4.78 is 4.63. The molecule has 0 aliphatic heterocycles. The molecule has 0 aromatic heterocycles. The number of ether oxygens (including phenoxy) is 1. The Labute approximate surface area is 103 Å². The van der Waals surface area contributed by atoms with E-state index in [9.17, 15) is 14.7 Å². The van der Waals surface area contributed by atoms with Gasteiger partial charge in [-0.2, -0.15) is 0 Å². The van der Waals surface area contributed by atoms with E-state index in [-0.39, 0.29) is 6.42 Å². The molecule has 4 heteroatoms. The van der Waals surface area contributed by atoms with Gasteiger partial charge in [0.2, 0.25) is 0 Å². The first-order valence-electron chi connectivity index (χ1n) is 6.37. The van der Waals surface area contributed by atoms with Crippen LogP contribution in [0.1, 0.15) is 58.8 Å². The van der Waals surface area contributed by atoms with Gasteiger partial charge in [-0.1, -0.05) is 46.0 Å². The van der Waals surface area contributed by atoms with Gasteiger partial charge in [0.1, 0.15) is 0 Å². The molecule has 0 aliphatic rings. The van der Waals surface area contributed by atoms with Crippen LogP contribution in [0.2, 0.25) is 0 Å². The van der Waals surface area contributed by atoms with Crippen molar-refractivity contribution in [3.05, 3.63) is 0 Å². The predicted molar refractivity (Wildman–Crippen MR) is 65.8 cm³/mol. The SMILES string of the molecule is CCCCCCCC(CC)(C(=O)O)C(=O)OC. The third-order valence-electron chi connectivity index (χ3n) is 3.30. The van der Waals surface area contributed by atoms with E-state index in [1.807, 2.05) is 0 Å². The lowest BCUT2D eigenvalue weighted by molar-refractivity contribution is -0.168. The van der Waals surface area contributed by atoms with Crippen LogP contribution in [-0.4, -0.2) is 24.2 Å². The normalized spacial score (nSPS) is 14.1. The fraction of sp³-hybridized carbons (Fsp3) is 0.846. The lowest BCUT2D eigenvalue weighted by Crippen LogP contribution is -2.39. The van der Waals surface area contributed by atoms with E-state index in [0.717, 1.165) is 32.1 Å². The summed E-state index contributed by atoms with van der Waals surface area (Å²) in [5.41, 5.74) is -1.35. The molecule has 1 N–H and O–H groups in total. The Morgan fingerprint density at radius 2 is 1.71 bits per heavy atom. The monoisotopic (exact) mass is 244 g/mol. The molecule has 1 atom stereocenters. The molecule has 0 bridgehead atoms. The van der Waals surface area contributed by atoms with Gasteiger partial charge in [-0.05, 0) is 12.8 Å². The summed E-state index contributed by atoms with van der Waals surface area (Å²) in [5.74, 6) is -1.69. The standard InChI is InChI=1S/C13H24O4/c1-4-6-7-8-9-10-13(5-2,11(14)15)12(16)17-3/h4-10H2,1-3H3,(H,14,15). The molecule has 0 aromatic rings. The molecule has 0 radical (unpaired) electrons. The van der Waals surface area contributed by atoms with Crippen LogP contribution in [0.4, 0.5) is 0 Å². The number of unbranched alkanes of at least 4 members (excludes halogenated alkanes) is 4. The second-order valence-electron chi connectivity index (χ2n) is 4.40. The minimum absolute atomic E-state index is 0.281. The Balaban J connectivity index is 4.39. The van der Waals surface area contributed by atoms with Crippen LogP contribution in [0, 0.1) is 5.41 Å². The van der Waals surface area contributed by atoms with Crippen molar-refractivity contribution >= 4 is 11.9 Å². The number of carboxylic acids is 1. The molecule has 0 saturated carbocycles. The number of aliphatic carboxylic acids is 1. The summed E-state index contributed by atoms with van der Waals surface area (Å²) in [6.45, 7) is 3.85. The summed E-state index contributed by atoms with van der Waals surface area (Å²) >= 11 is 0. The van der Waals surface area contributed by atoms with Crippen LogP contribution in [0.25, 0.3) is 0 Å². The maximum Gasteiger partial charge on any atom is 0.323 e. The second kappa shape index (κ2) is 8.09. The number of hydrogen-bond donors (Lipinski definition) is 1. The Bertz CT molecular complexity index is 250. The first kappa shape index (κ1) is 15.9. The largest absolute Gasteiger partial charge is 0.480 e. The van der Waals surface area contributed by atoms with Crippen molar-refractivity contribution in [2.75, 3.05) is 7.11 Å². The summed E-state index contributed by atoms with van der Waals surface area (Å²) in [6.07, 6.45) is 5.78. The topological polar surface area (TPSA) is 63.6 Å². The van der Waals surface area contributed by atoms with Crippen LogP contribution >= 0.6 is 0 Å². The molecule has 0 fully saturated rings. The van der Waals surface area contributed by atoms with Gasteiger partial charge in [0.15, 0.2) is 5.41 Å². The van der Waals surface area contributed by atoms with E-state index in [1.165, 1.54) is 7.11 Å². The molecular weight excluding hydrogens is 220 g/mol. The maximum absolute atomic E-state index is 11.6. The first-order valence-corrected chi connectivity index (χ1v) is 6.37. The van der Waals surface area contributed by atoms with Gasteiger partial charge in [-0.15, -0.1) is 0 Å². The number of rotatable bonds is 9. The molecular formula is C13H24O4. The van der Waals surface area contributed by atoms with E-state index in [0.29, 0.717) is 6.42 Å². The zero-order valence-electron chi connectivity index (χ0n) is 11.1. The van der Waals surface area contributed by atoms with Crippen LogP contribution in [0.3, 0.4) is 0 Å². The Morgan fingerprint density at radius 1 is 1.12 bits per heavy atom. The summed E-state index contributed by atoms with van der Waals surface area (Å²) in [6, 6.07) is 0. The Hall–Kier alpha value is -1.06. The quantitative estimate of drug-likeness (QED) is 0.385. The molecule has 0 aromatic carbocycles.